The molecule has 0 N–H and O–H groups in total. The van der Waals surface area contributed by atoms with Crippen LogP contribution in [0, 0.1) is 0 Å². The molecule has 0 amide bonds. The van der Waals surface area contributed by atoms with Crippen LogP contribution in [-0.2, 0) is 47.6 Å². The van der Waals surface area contributed by atoms with Gasteiger partial charge in [0.25, 0.3) is 0 Å². The van der Waals surface area contributed by atoms with E-state index < -0.39 is 67.2 Å². The number of ether oxygens (including phenoxy) is 7. The van der Waals surface area contributed by atoms with Crippen LogP contribution in [0.25, 0.3) is 0 Å². The number of hydrogen-bond acceptors (Lipinski definition) is 13. The highest BCUT2D eigenvalue weighted by Crippen LogP contribution is 2.32. The minimum Gasteiger partial charge on any atom is -0.463 e. The fraction of sp³-hybridized carbons (Fsp3) is 0.440. The third-order valence-electron chi connectivity index (χ3n) is 4.88. The molecule has 0 bridgehead atoms. The van der Waals surface area contributed by atoms with Crippen molar-refractivity contribution in [2.24, 2.45) is 0 Å². The molecule has 0 spiro atoms. The van der Waals surface area contributed by atoms with E-state index in [1.807, 2.05) is 0 Å². The Hall–Kier alpha value is -4.26. The predicted octanol–water partition coefficient (Wildman–Crippen LogP) is 1.30. The van der Waals surface area contributed by atoms with E-state index >= 15 is 0 Å². The molecule has 0 aromatic heterocycles. The van der Waals surface area contributed by atoms with E-state index in [-0.39, 0.29) is 23.5 Å². The highest BCUT2D eigenvalue weighted by atomic mass is 16.7. The maximum Gasteiger partial charge on any atom is 0.342 e. The lowest BCUT2D eigenvalue weighted by molar-refractivity contribution is -0.288. The van der Waals surface area contributed by atoms with E-state index in [4.69, 9.17) is 33.2 Å². The largest absolute Gasteiger partial charge is 0.463 e. The van der Waals surface area contributed by atoms with Crippen molar-refractivity contribution in [2.75, 3.05) is 13.2 Å². The van der Waals surface area contributed by atoms with Crippen LogP contribution in [0.5, 0.6) is 5.75 Å². The van der Waals surface area contributed by atoms with E-state index in [2.05, 4.69) is 6.58 Å². The summed E-state index contributed by atoms with van der Waals surface area (Å²) < 4.78 is 37.8. The number of carbonyl (C=O) groups excluding carboxylic acids is 6. The van der Waals surface area contributed by atoms with Gasteiger partial charge < -0.3 is 33.2 Å². The van der Waals surface area contributed by atoms with E-state index in [0.717, 1.165) is 27.7 Å². The van der Waals surface area contributed by atoms with Gasteiger partial charge in [-0.05, 0) is 18.2 Å². The Morgan fingerprint density at radius 1 is 0.868 bits per heavy atom. The van der Waals surface area contributed by atoms with Crippen molar-refractivity contribution in [3.8, 4) is 5.75 Å². The Balaban J connectivity index is 2.57. The van der Waals surface area contributed by atoms with Gasteiger partial charge in [0.1, 0.15) is 36.9 Å². The molecular formula is C25H28O13. The first-order valence-electron chi connectivity index (χ1n) is 11.3. The third-order valence-corrected chi connectivity index (χ3v) is 4.88. The molecule has 38 heavy (non-hydrogen) atoms. The summed E-state index contributed by atoms with van der Waals surface area (Å²) in [5.74, 6) is -4.14. The summed E-state index contributed by atoms with van der Waals surface area (Å²) in [5, 5.41) is 0. The molecule has 13 heteroatoms. The molecule has 0 aliphatic carbocycles. The normalized spacial score (nSPS) is 22.3. The topological polar surface area (TPSA) is 167 Å². The number of carbonyl (C=O) groups is 6. The molecule has 1 aromatic rings. The Labute approximate surface area is 217 Å². The van der Waals surface area contributed by atoms with Gasteiger partial charge >= 0.3 is 29.8 Å². The average Bonchev–Trinajstić information content (AvgIpc) is 2.84. The minimum atomic E-state index is -1.58. The van der Waals surface area contributed by atoms with E-state index in [0.29, 0.717) is 6.29 Å². The Bertz CT molecular complexity index is 1080. The second-order valence-electron chi connectivity index (χ2n) is 7.95. The van der Waals surface area contributed by atoms with Crippen molar-refractivity contribution in [1.29, 1.82) is 0 Å². The van der Waals surface area contributed by atoms with Gasteiger partial charge in [-0.3, -0.25) is 24.0 Å². The lowest BCUT2D eigenvalue weighted by Crippen LogP contribution is -2.63. The van der Waals surface area contributed by atoms with Gasteiger partial charge in [-0.2, -0.15) is 0 Å². The molecule has 1 heterocycles. The van der Waals surface area contributed by atoms with Crippen LogP contribution in [0.3, 0.4) is 0 Å². The monoisotopic (exact) mass is 536 g/mol. The number of benzene rings is 1. The van der Waals surface area contributed by atoms with Crippen molar-refractivity contribution in [3.05, 3.63) is 42.0 Å². The molecular weight excluding hydrogens is 508 g/mol. The molecule has 0 radical (unpaired) electrons. The van der Waals surface area contributed by atoms with Crippen LogP contribution in [0.2, 0.25) is 0 Å². The maximum absolute atomic E-state index is 12.6. The molecule has 13 nitrogen and oxygen atoms in total. The summed E-state index contributed by atoms with van der Waals surface area (Å²) >= 11 is 0. The fourth-order valence-corrected chi connectivity index (χ4v) is 3.50. The summed E-state index contributed by atoms with van der Waals surface area (Å²) in [5.41, 5.74) is -0.0474. The summed E-state index contributed by atoms with van der Waals surface area (Å²) in [6.07, 6.45) is -5.36. The first kappa shape index (κ1) is 30.0. The number of hydrogen-bond donors (Lipinski definition) is 0. The van der Waals surface area contributed by atoms with Crippen LogP contribution < -0.4 is 4.74 Å². The molecule has 1 aliphatic rings. The van der Waals surface area contributed by atoms with E-state index in [1.165, 1.54) is 24.3 Å². The van der Waals surface area contributed by atoms with Gasteiger partial charge in [-0.1, -0.05) is 12.7 Å². The molecule has 1 fully saturated rings. The SMILES string of the molecule is C=CCOC(=O)c1cc(C=O)ccc1OC1O[C@H](COC(C)=O)[C@H](OC(C)=O)[C@H](OC(C)=O)[C@H]1OC(C)=O. The van der Waals surface area contributed by atoms with E-state index in [1.54, 1.807) is 0 Å². The maximum atomic E-state index is 12.6. The molecule has 206 valence electrons. The van der Waals surface area contributed by atoms with Crippen LogP contribution in [0.4, 0.5) is 0 Å². The Morgan fingerprint density at radius 2 is 1.47 bits per heavy atom. The molecule has 5 atom stereocenters. The van der Waals surface area contributed by atoms with Gasteiger partial charge in [0.05, 0.1) is 0 Å². The third kappa shape index (κ3) is 8.40. The molecule has 1 saturated heterocycles. The average molecular weight is 536 g/mol. The van der Waals surface area contributed by atoms with Gasteiger partial charge in [0.2, 0.25) is 12.4 Å². The van der Waals surface area contributed by atoms with Crippen LogP contribution >= 0.6 is 0 Å². The van der Waals surface area contributed by atoms with Crippen molar-refractivity contribution in [2.45, 2.75) is 58.4 Å². The first-order valence-corrected chi connectivity index (χ1v) is 11.3. The predicted molar refractivity (Wildman–Crippen MR) is 125 cm³/mol. The van der Waals surface area contributed by atoms with Gasteiger partial charge in [-0.15, -0.1) is 0 Å². The van der Waals surface area contributed by atoms with E-state index in [9.17, 15) is 28.8 Å². The molecule has 1 unspecified atom stereocenters. The van der Waals surface area contributed by atoms with Crippen molar-refractivity contribution >= 4 is 36.1 Å². The number of esters is 5. The van der Waals surface area contributed by atoms with Gasteiger partial charge in [0.15, 0.2) is 12.2 Å². The van der Waals surface area contributed by atoms with Crippen molar-refractivity contribution < 1.29 is 61.9 Å². The molecule has 0 saturated carbocycles. The summed E-state index contributed by atoms with van der Waals surface area (Å²) in [7, 11) is 0. The second kappa shape index (κ2) is 13.9. The molecule has 1 aliphatic heterocycles. The van der Waals surface area contributed by atoms with Crippen LogP contribution in [0.1, 0.15) is 48.4 Å². The zero-order valence-corrected chi connectivity index (χ0v) is 21.2. The number of rotatable bonds is 11. The summed E-state index contributed by atoms with van der Waals surface area (Å²) in [4.78, 5) is 71.2. The summed E-state index contributed by atoms with van der Waals surface area (Å²) in [6.45, 7) is 7.25. The van der Waals surface area contributed by atoms with Crippen LogP contribution in [-0.4, -0.2) is 80.1 Å². The summed E-state index contributed by atoms with van der Waals surface area (Å²) in [6, 6.07) is 3.83. The molecule has 1 aromatic carbocycles. The van der Waals surface area contributed by atoms with Crippen molar-refractivity contribution in [3.63, 3.8) is 0 Å². The minimum absolute atomic E-state index is 0.129. The number of aldehydes is 1. The quantitative estimate of drug-likeness (QED) is 0.172. The fourth-order valence-electron chi connectivity index (χ4n) is 3.50. The Kier molecular flexibility index (Phi) is 10.9. The molecule has 2 rings (SSSR count). The van der Waals surface area contributed by atoms with Gasteiger partial charge in [-0.25, -0.2) is 4.79 Å². The standard InChI is InChI=1S/C25H28O13/c1-6-9-32-24(31)18-10-17(11-26)7-8-19(18)37-25-23(36-16(5)30)22(35-15(4)29)21(34-14(3)28)20(38-25)12-33-13(2)27/h6-8,10-11,20-23,25H,1,9,12H2,2-5H3/t20-,21+,22+,23-,25?/m1/s1. The smallest absolute Gasteiger partial charge is 0.342 e. The highest BCUT2D eigenvalue weighted by molar-refractivity contribution is 5.94. The van der Waals surface area contributed by atoms with Crippen LogP contribution in [0.15, 0.2) is 30.9 Å². The highest BCUT2D eigenvalue weighted by Gasteiger charge is 2.53. The second-order valence-corrected chi connectivity index (χ2v) is 7.95. The lowest BCUT2D eigenvalue weighted by Gasteiger charge is -2.44. The zero-order valence-electron chi connectivity index (χ0n) is 21.2. The Morgan fingerprint density at radius 3 is 2.03 bits per heavy atom. The van der Waals surface area contributed by atoms with Gasteiger partial charge in [0, 0.05) is 33.3 Å². The lowest BCUT2D eigenvalue weighted by atomic mass is 9.98. The zero-order chi connectivity index (χ0) is 28.4. The first-order chi connectivity index (χ1) is 18.0. The van der Waals surface area contributed by atoms with Crippen molar-refractivity contribution in [1.82, 2.24) is 0 Å².